The molecule has 0 atom stereocenters. The molecule has 1 aliphatic rings. The summed E-state index contributed by atoms with van der Waals surface area (Å²) in [6.45, 7) is 3.96. The number of para-hydroxylation sites is 2. The lowest BCUT2D eigenvalue weighted by atomic mass is 10.1. The molecule has 2 aromatic rings. The van der Waals surface area contributed by atoms with Crippen LogP contribution in [0.2, 0.25) is 0 Å². The van der Waals surface area contributed by atoms with Crippen molar-refractivity contribution in [1.29, 1.82) is 0 Å². The smallest absolute Gasteiger partial charge is 0.224 e. The number of likely N-dealkylation sites (N-methyl/N-ethyl adjacent to an activating group) is 1. The van der Waals surface area contributed by atoms with Crippen LogP contribution in [0.5, 0.6) is 0 Å². The second kappa shape index (κ2) is 8.12. The van der Waals surface area contributed by atoms with Gasteiger partial charge in [0.25, 0.3) is 0 Å². The Morgan fingerprint density at radius 1 is 1.04 bits per heavy atom. The summed E-state index contributed by atoms with van der Waals surface area (Å²) in [7, 11) is 2.13. The van der Waals surface area contributed by atoms with Gasteiger partial charge in [0.05, 0.1) is 11.4 Å². The van der Waals surface area contributed by atoms with E-state index in [1.54, 1.807) is 12.1 Å². The molecule has 0 unspecified atom stereocenters. The van der Waals surface area contributed by atoms with Gasteiger partial charge < -0.3 is 15.1 Å². The van der Waals surface area contributed by atoms with E-state index in [1.807, 2.05) is 18.2 Å². The van der Waals surface area contributed by atoms with Crippen LogP contribution in [0.15, 0.2) is 48.5 Å². The first kappa shape index (κ1) is 17.4. The topological polar surface area (TPSA) is 35.6 Å². The van der Waals surface area contributed by atoms with E-state index in [9.17, 15) is 9.18 Å². The average molecular weight is 341 g/mol. The van der Waals surface area contributed by atoms with Crippen LogP contribution in [0.3, 0.4) is 0 Å². The van der Waals surface area contributed by atoms with E-state index < -0.39 is 0 Å². The van der Waals surface area contributed by atoms with E-state index in [2.05, 4.69) is 28.2 Å². The molecule has 0 bridgehead atoms. The molecule has 1 saturated heterocycles. The molecule has 0 aromatic heterocycles. The van der Waals surface area contributed by atoms with Crippen LogP contribution in [0.25, 0.3) is 0 Å². The summed E-state index contributed by atoms with van der Waals surface area (Å²) in [6, 6.07) is 14.2. The fraction of sp³-hybridized carbons (Fsp3) is 0.350. The number of hydrogen-bond donors (Lipinski definition) is 1. The van der Waals surface area contributed by atoms with E-state index in [-0.39, 0.29) is 11.7 Å². The fourth-order valence-electron chi connectivity index (χ4n) is 3.02. The van der Waals surface area contributed by atoms with Crippen molar-refractivity contribution in [1.82, 2.24) is 4.90 Å². The number of rotatable bonds is 5. The molecule has 1 amide bonds. The predicted molar refractivity (Wildman–Crippen MR) is 99.5 cm³/mol. The van der Waals surface area contributed by atoms with Crippen LogP contribution in [0.1, 0.15) is 12.0 Å². The van der Waals surface area contributed by atoms with E-state index in [0.717, 1.165) is 43.1 Å². The summed E-state index contributed by atoms with van der Waals surface area (Å²) < 4.78 is 12.9. The minimum atomic E-state index is -0.255. The molecular weight excluding hydrogens is 317 g/mol. The molecule has 1 fully saturated rings. The molecule has 3 rings (SSSR count). The minimum Gasteiger partial charge on any atom is -0.367 e. The predicted octanol–water partition coefficient (Wildman–Crippen LogP) is 3.15. The molecule has 0 spiro atoms. The van der Waals surface area contributed by atoms with Gasteiger partial charge in [-0.1, -0.05) is 24.3 Å². The van der Waals surface area contributed by atoms with Gasteiger partial charge in [0.15, 0.2) is 0 Å². The zero-order valence-electron chi connectivity index (χ0n) is 14.5. The number of carbonyl (C=O) groups excluding carboxylic acids is 1. The highest BCUT2D eigenvalue weighted by atomic mass is 19.1. The Labute approximate surface area is 148 Å². The zero-order chi connectivity index (χ0) is 17.6. The van der Waals surface area contributed by atoms with Gasteiger partial charge in [-0.3, -0.25) is 4.79 Å². The van der Waals surface area contributed by atoms with Gasteiger partial charge in [0.2, 0.25) is 5.91 Å². The highest BCUT2D eigenvalue weighted by Gasteiger charge is 2.17. The Morgan fingerprint density at radius 2 is 1.72 bits per heavy atom. The summed E-state index contributed by atoms with van der Waals surface area (Å²) in [5.41, 5.74) is 2.89. The zero-order valence-corrected chi connectivity index (χ0v) is 14.5. The normalized spacial score (nSPS) is 15.2. The lowest BCUT2D eigenvalue weighted by Gasteiger charge is -2.35. The number of halogens is 1. The molecule has 0 aliphatic carbocycles. The van der Waals surface area contributed by atoms with Gasteiger partial charge in [-0.15, -0.1) is 0 Å². The quantitative estimate of drug-likeness (QED) is 0.907. The van der Waals surface area contributed by atoms with Crippen LogP contribution < -0.4 is 10.2 Å². The fourth-order valence-corrected chi connectivity index (χ4v) is 3.02. The summed E-state index contributed by atoms with van der Waals surface area (Å²) in [5, 5.41) is 3.03. The monoisotopic (exact) mass is 341 g/mol. The van der Waals surface area contributed by atoms with Crippen molar-refractivity contribution in [3.8, 4) is 0 Å². The standard InChI is InChI=1S/C20H24FN3O/c1-23-12-14-24(15-13-23)19-5-3-2-4-18(19)22-20(25)11-8-16-6-9-17(21)10-7-16/h2-7,9-10H,8,11-15H2,1H3,(H,22,25). The molecule has 0 saturated carbocycles. The van der Waals surface area contributed by atoms with Crippen molar-refractivity contribution in [2.24, 2.45) is 0 Å². The van der Waals surface area contributed by atoms with Crippen LogP contribution in [0.4, 0.5) is 15.8 Å². The lowest BCUT2D eigenvalue weighted by molar-refractivity contribution is -0.116. The maximum atomic E-state index is 12.9. The van der Waals surface area contributed by atoms with Gasteiger partial charge in [-0.05, 0) is 43.3 Å². The number of nitrogens with one attached hydrogen (secondary N) is 1. The molecule has 1 aliphatic heterocycles. The molecule has 1 heterocycles. The summed E-state index contributed by atoms with van der Waals surface area (Å²) >= 11 is 0. The lowest BCUT2D eigenvalue weighted by Crippen LogP contribution is -2.44. The van der Waals surface area contributed by atoms with Crippen molar-refractivity contribution in [2.75, 3.05) is 43.4 Å². The number of nitrogens with zero attached hydrogens (tertiary/aromatic N) is 2. The number of hydrogen-bond acceptors (Lipinski definition) is 3. The van der Waals surface area contributed by atoms with Crippen molar-refractivity contribution >= 4 is 17.3 Å². The third-order valence-electron chi connectivity index (χ3n) is 4.58. The van der Waals surface area contributed by atoms with E-state index in [4.69, 9.17) is 0 Å². The molecule has 25 heavy (non-hydrogen) atoms. The first-order valence-electron chi connectivity index (χ1n) is 8.68. The first-order valence-corrected chi connectivity index (χ1v) is 8.68. The van der Waals surface area contributed by atoms with Gasteiger partial charge >= 0.3 is 0 Å². The Kier molecular flexibility index (Phi) is 5.66. The largest absolute Gasteiger partial charge is 0.367 e. The van der Waals surface area contributed by atoms with Crippen LogP contribution >= 0.6 is 0 Å². The van der Waals surface area contributed by atoms with E-state index in [1.165, 1.54) is 12.1 Å². The van der Waals surface area contributed by atoms with Crippen LogP contribution in [-0.4, -0.2) is 44.0 Å². The first-order chi connectivity index (χ1) is 12.1. The Morgan fingerprint density at radius 3 is 2.44 bits per heavy atom. The van der Waals surface area contributed by atoms with Gasteiger partial charge in [0, 0.05) is 32.6 Å². The van der Waals surface area contributed by atoms with E-state index >= 15 is 0 Å². The molecule has 0 radical (unpaired) electrons. The Bertz CT molecular complexity index is 709. The summed E-state index contributed by atoms with van der Waals surface area (Å²) in [5.74, 6) is -0.278. The number of amides is 1. The average Bonchev–Trinajstić information content (AvgIpc) is 2.63. The molecule has 2 aromatic carbocycles. The SMILES string of the molecule is CN1CCN(c2ccccc2NC(=O)CCc2ccc(F)cc2)CC1. The maximum Gasteiger partial charge on any atom is 0.224 e. The number of anilines is 2. The maximum absolute atomic E-state index is 12.9. The van der Waals surface area contributed by atoms with Gasteiger partial charge in [0.1, 0.15) is 5.82 Å². The number of piperazine rings is 1. The number of benzene rings is 2. The van der Waals surface area contributed by atoms with Gasteiger partial charge in [-0.25, -0.2) is 4.39 Å². The van der Waals surface area contributed by atoms with Crippen molar-refractivity contribution < 1.29 is 9.18 Å². The summed E-state index contributed by atoms with van der Waals surface area (Å²) in [4.78, 5) is 16.9. The molecule has 4 nitrogen and oxygen atoms in total. The number of carbonyl (C=O) groups is 1. The minimum absolute atomic E-state index is 0.0223. The van der Waals surface area contributed by atoms with E-state index in [0.29, 0.717) is 12.8 Å². The van der Waals surface area contributed by atoms with Crippen LogP contribution in [-0.2, 0) is 11.2 Å². The van der Waals surface area contributed by atoms with Crippen molar-refractivity contribution in [3.05, 3.63) is 59.9 Å². The second-order valence-corrected chi connectivity index (χ2v) is 6.48. The Hall–Kier alpha value is -2.40. The third-order valence-corrected chi connectivity index (χ3v) is 4.58. The molecule has 1 N–H and O–H groups in total. The highest BCUT2D eigenvalue weighted by Crippen LogP contribution is 2.26. The molecular formula is C20H24FN3O. The molecule has 5 heteroatoms. The number of aryl methyl sites for hydroxylation is 1. The van der Waals surface area contributed by atoms with Crippen molar-refractivity contribution in [2.45, 2.75) is 12.8 Å². The summed E-state index contributed by atoms with van der Waals surface area (Å²) in [6.07, 6.45) is 0.978. The second-order valence-electron chi connectivity index (χ2n) is 6.48. The van der Waals surface area contributed by atoms with Crippen LogP contribution in [0, 0.1) is 5.82 Å². The Balaban J connectivity index is 1.60. The van der Waals surface area contributed by atoms with Crippen molar-refractivity contribution in [3.63, 3.8) is 0 Å². The third kappa shape index (κ3) is 4.79. The molecule has 132 valence electrons. The highest BCUT2D eigenvalue weighted by molar-refractivity contribution is 5.94. The van der Waals surface area contributed by atoms with Gasteiger partial charge in [-0.2, -0.15) is 0 Å².